The molecule has 0 aliphatic rings. The summed E-state index contributed by atoms with van der Waals surface area (Å²) in [6, 6.07) is 3.93. The lowest BCUT2D eigenvalue weighted by Crippen LogP contribution is -1.94. The molecule has 0 saturated heterocycles. The molecule has 0 aromatic carbocycles. The van der Waals surface area contributed by atoms with Crippen LogP contribution < -0.4 is 0 Å². The summed E-state index contributed by atoms with van der Waals surface area (Å²) in [5.74, 6) is 0. The van der Waals surface area contributed by atoms with Crippen LogP contribution in [-0.4, -0.2) is 11.3 Å². The summed E-state index contributed by atoms with van der Waals surface area (Å²) in [5, 5.41) is 0. The van der Waals surface area contributed by atoms with Gasteiger partial charge in [-0.15, -0.1) is 0 Å². The quantitative estimate of drug-likeness (QED) is 0.656. The normalized spacial score (nSPS) is 9.62. The van der Waals surface area contributed by atoms with Crippen LogP contribution in [0.3, 0.4) is 0 Å². The Morgan fingerprint density at radius 2 is 2.31 bits per heavy atom. The molecular weight excluding hydrogens is 162 g/mol. The summed E-state index contributed by atoms with van der Waals surface area (Å²) in [4.78, 5) is 14.5. The molecule has 0 aliphatic carbocycles. The highest BCUT2D eigenvalue weighted by Gasteiger charge is 1.97. The molecule has 0 N–H and O–H groups in total. The Hall–Kier alpha value is -1.44. The minimum absolute atomic E-state index is 0.535. The molecule has 0 amide bonds. The average molecular weight is 175 g/mol. The van der Waals surface area contributed by atoms with Gasteiger partial charge in [0.25, 0.3) is 0 Å². The highest BCUT2D eigenvalue weighted by atomic mass is 16.1. The molecule has 1 heterocycles. The van der Waals surface area contributed by atoms with Gasteiger partial charge in [-0.1, -0.05) is 12.7 Å². The molecule has 0 atom stereocenters. The monoisotopic (exact) mass is 175 g/mol. The van der Waals surface area contributed by atoms with Gasteiger partial charge in [-0.25, -0.2) is 0 Å². The number of rotatable bonds is 4. The first-order valence-electron chi connectivity index (χ1n) is 4.30. The second-order valence-electron chi connectivity index (χ2n) is 2.94. The second-order valence-corrected chi connectivity index (χ2v) is 2.94. The van der Waals surface area contributed by atoms with E-state index in [0.717, 1.165) is 23.2 Å². The maximum atomic E-state index is 10.2. The van der Waals surface area contributed by atoms with E-state index in [2.05, 4.69) is 11.6 Å². The van der Waals surface area contributed by atoms with Crippen molar-refractivity contribution >= 4 is 12.4 Å². The van der Waals surface area contributed by atoms with Gasteiger partial charge in [0.1, 0.15) is 6.29 Å². The van der Waals surface area contributed by atoms with Crippen molar-refractivity contribution in [2.45, 2.75) is 19.8 Å². The Morgan fingerprint density at radius 1 is 1.54 bits per heavy atom. The van der Waals surface area contributed by atoms with Crippen LogP contribution in [0.25, 0.3) is 6.08 Å². The number of hydrogen-bond acceptors (Lipinski definition) is 2. The lowest BCUT2D eigenvalue weighted by molar-refractivity contribution is -0.107. The van der Waals surface area contributed by atoms with Gasteiger partial charge in [0, 0.05) is 17.8 Å². The minimum atomic E-state index is 0.535. The van der Waals surface area contributed by atoms with Crippen molar-refractivity contribution in [3.05, 3.63) is 35.7 Å². The molecule has 2 nitrogen and oxygen atoms in total. The van der Waals surface area contributed by atoms with Crippen molar-refractivity contribution in [2.75, 3.05) is 0 Å². The van der Waals surface area contributed by atoms with Crippen molar-refractivity contribution in [1.29, 1.82) is 0 Å². The first-order chi connectivity index (χ1) is 6.26. The molecule has 1 aromatic heterocycles. The predicted octanol–water partition coefficient (Wildman–Crippen LogP) is 2.16. The molecule has 0 radical (unpaired) electrons. The van der Waals surface area contributed by atoms with E-state index in [1.54, 1.807) is 6.08 Å². The van der Waals surface area contributed by atoms with E-state index in [9.17, 15) is 4.79 Å². The Balaban J connectivity index is 2.87. The van der Waals surface area contributed by atoms with Gasteiger partial charge >= 0.3 is 0 Å². The number of aryl methyl sites for hydroxylation is 2. The standard InChI is InChI=1S/C11H13NO/c1-3-10-7-9(2)12-11(8-10)5-4-6-13/h3,6-8H,1,4-5H2,2H3. The number of carbonyl (C=O) groups is 1. The molecule has 0 bridgehead atoms. The number of hydrogen-bond donors (Lipinski definition) is 0. The summed E-state index contributed by atoms with van der Waals surface area (Å²) in [7, 11) is 0. The van der Waals surface area contributed by atoms with E-state index in [1.807, 2.05) is 19.1 Å². The van der Waals surface area contributed by atoms with Gasteiger partial charge in [0.05, 0.1) is 0 Å². The number of aldehydes is 1. The largest absolute Gasteiger partial charge is 0.303 e. The fourth-order valence-electron chi connectivity index (χ4n) is 1.22. The Bertz CT molecular complexity index is 318. The van der Waals surface area contributed by atoms with Gasteiger partial charge in [-0.3, -0.25) is 4.98 Å². The van der Waals surface area contributed by atoms with Crippen molar-refractivity contribution in [3.63, 3.8) is 0 Å². The fourth-order valence-corrected chi connectivity index (χ4v) is 1.22. The van der Waals surface area contributed by atoms with Gasteiger partial charge in [-0.2, -0.15) is 0 Å². The molecule has 0 fully saturated rings. The van der Waals surface area contributed by atoms with E-state index < -0.39 is 0 Å². The van der Waals surface area contributed by atoms with Crippen molar-refractivity contribution < 1.29 is 4.79 Å². The molecule has 13 heavy (non-hydrogen) atoms. The van der Waals surface area contributed by atoms with Crippen molar-refractivity contribution in [2.24, 2.45) is 0 Å². The summed E-state index contributed by atoms with van der Waals surface area (Å²) in [6.07, 6.45) is 3.95. The molecule has 2 heteroatoms. The Kier molecular flexibility index (Phi) is 3.38. The predicted molar refractivity (Wildman–Crippen MR) is 53.5 cm³/mol. The van der Waals surface area contributed by atoms with Crippen LogP contribution in [0.4, 0.5) is 0 Å². The Morgan fingerprint density at radius 3 is 2.92 bits per heavy atom. The maximum absolute atomic E-state index is 10.2. The topological polar surface area (TPSA) is 30.0 Å². The molecular formula is C11H13NO. The molecule has 0 unspecified atom stereocenters. The van der Waals surface area contributed by atoms with Crippen LogP contribution in [0.1, 0.15) is 23.4 Å². The number of carbonyl (C=O) groups excluding carboxylic acids is 1. The molecule has 0 saturated carbocycles. The van der Waals surface area contributed by atoms with Crippen LogP contribution >= 0.6 is 0 Å². The van der Waals surface area contributed by atoms with Crippen LogP contribution in [0.5, 0.6) is 0 Å². The fraction of sp³-hybridized carbons (Fsp3) is 0.273. The zero-order valence-electron chi connectivity index (χ0n) is 7.79. The number of nitrogens with zero attached hydrogens (tertiary/aromatic N) is 1. The smallest absolute Gasteiger partial charge is 0.120 e. The summed E-state index contributed by atoms with van der Waals surface area (Å²) in [6.45, 7) is 5.64. The van der Waals surface area contributed by atoms with E-state index in [0.29, 0.717) is 12.8 Å². The van der Waals surface area contributed by atoms with E-state index in [1.165, 1.54) is 0 Å². The Labute approximate surface area is 78.3 Å². The summed E-state index contributed by atoms with van der Waals surface area (Å²) < 4.78 is 0. The lowest BCUT2D eigenvalue weighted by atomic mass is 10.1. The van der Waals surface area contributed by atoms with Gasteiger partial charge in [0.15, 0.2) is 0 Å². The van der Waals surface area contributed by atoms with Gasteiger partial charge in [-0.05, 0) is 31.0 Å². The van der Waals surface area contributed by atoms with E-state index in [4.69, 9.17) is 0 Å². The average Bonchev–Trinajstić information content (AvgIpc) is 2.14. The minimum Gasteiger partial charge on any atom is -0.303 e. The lowest BCUT2D eigenvalue weighted by Gasteiger charge is -2.01. The third-order valence-electron chi connectivity index (χ3n) is 1.78. The highest BCUT2D eigenvalue weighted by molar-refractivity contribution is 5.51. The summed E-state index contributed by atoms with van der Waals surface area (Å²) >= 11 is 0. The molecule has 68 valence electrons. The summed E-state index contributed by atoms with van der Waals surface area (Å²) in [5.41, 5.74) is 2.99. The zero-order chi connectivity index (χ0) is 9.68. The van der Waals surface area contributed by atoms with Crippen molar-refractivity contribution in [3.8, 4) is 0 Å². The van der Waals surface area contributed by atoms with Crippen LogP contribution in [0, 0.1) is 6.92 Å². The van der Waals surface area contributed by atoms with Gasteiger partial charge < -0.3 is 4.79 Å². The van der Waals surface area contributed by atoms with E-state index in [-0.39, 0.29) is 0 Å². The maximum Gasteiger partial charge on any atom is 0.120 e. The van der Waals surface area contributed by atoms with Crippen molar-refractivity contribution in [1.82, 2.24) is 4.98 Å². The molecule has 0 spiro atoms. The van der Waals surface area contributed by atoms with Crippen LogP contribution in [0.15, 0.2) is 18.7 Å². The number of pyridine rings is 1. The van der Waals surface area contributed by atoms with Gasteiger partial charge in [0.2, 0.25) is 0 Å². The molecule has 0 aliphatic heterocycles. The van der Waals surface area contributed by atoms with E-state index >= 15 is 0 Å². The number of aromatic nitrogens is 1. The van der Waals surface area contributed by atoms with Crippen LogP contribution in [-0.2, 0) is 11.2 Å². The highest BCUT2D eigenvalue weighted by Crippen LogP contribution is 2.08. The zero-order valence-corrected chi connectivity index (χ0v) is 7.79. The van der Waals surface area contributed by atoms with Crippen LogP contribution in [0.2, 0.25) is 0 Å². The second kappa shape index (κ2) is 4.55. The third-order valence-corrected chi connectivity index (χ3v) is 1.78. The molecule has 1 aromatic rings. The first-order valence-corrected chi connectivity index (χ1v) is 4.30. The first kappa shape index (κ1) is 9.65. The third kappa shape index (κ3) is 2.82. The SMILES string of the molecule is C=Cc1cc(C)nc(CCC=O)c1. The molecule has 1 rings (SSSR count).